The number of halogens is 3. The fourth-order valence-electron chi connectivity index (χ4n) is 5.39. The summed E-state index contributed by atoms with van der Waals surface area (Å²) < 4.78 is 51.1. The molecule has 2 aromatic rings. The minimum Gasteiger partial charge on any atom is -0.487 e. The number of anilines is 2. The number of alkyl halides is 3. The van der Waals surface area contributed by atoms with Crippen LogP contribution in [0.3, 0.4) is 0 Å². The Balaban J connectivity index is 1.18. The molecule has 0 radical (unpaired) electrons. The highest BCUT2D eigenvalue weighted by Gasteiger charge is 2.34. The number of hydrogen-bond donors (Lipinski definition) is 2. The number of rotatable bonds is 10. The first-order chi connectivity index (χ1) is 20.1. The van der Waals surface area contributed by atoms with E-state index in [-0.39, 0.29) is 42.1 Å². The second kappa shape index (κ2) is 13.7. The average molecular weight is 590 g/mol. The molecule has 0 atom stereocenters. The Hall–Kier alpha value is -4.05. The van der Waals surface area contributed by atoms with Gasteiger partial charge in [0.15, 0.2) is 5.75 Å². The molecule has 0 unspecified atom stereocenters. The van der Waals surface area contributed by atoms with Crippen LogP contribution in [0.25, 0.3) is 0 Å². The van der Waals surface area contributed by atoms with Gasteiger partial charge in [-0.15, -0.1) is 0 Å². The van der Waals surface area contributed by atoms with Gasteiger partial charge in [0.2, 0.25) is 5.91 Å². The lowest BCUT2D eigenvalue weighted by atomic mass is 9.92. The number of piperidine rings is 1. The molecule has 2 aromatic carbocycles. The summed E-state index contributed by atoms with van der Waals surface area (Å²) in [6.45, 7) is 3.18. The molecule has 2 aliphatic rings. The highest BCUT2D eigenvalue weighted by atomic mass is 19.4. The van der Waals surface area contributed by atoms with Crippen LogP contribution in [0.4, 0.5) is 30.2 Å². The quantitative estimate of drug-likeness (QED) is 0.266. The van der Waals surface area contributed by atoms with Crippen molar-refractivity contribution in [3.8, 4) is 11.8 Å². The second-order valence-electron chi connectivity index (χ2n) is 10.5. The van der Waals surface area contributed by atoms with Crippen molar-refractivity contribution in [1.29, 1.82) is 5.26 Å². The van der Waals surface area contributed by atoms with Gasteiger partial charge in [-0.25, -0.2) is 0 Å². The molecule has 1 amide bonds. The molecule has 4 rings (SSSR count). The van der Waals surface area contributed by atoms with Crippen LogP contribution in [-0.2, 0) is 15.7 Å². The molecule has 0 aromatic heterocycles. The Morgan fingerprint density at radius 2 is 1.67 bits per heavy atom. The fourth-order valence-corrected chi connectivity index (χ4v) is 5.39. The standard InChI is InChI=1S/C29H34F3N5O5/c1-2-41-27-16-23(7-10-26(27)37(39)40)35-21-11-13-36(14-12-21)28(38)18-42-24-8-5-20(6-9-24)34-22-4-3-19(17-33)25(15-22)29(30,31)32/h3-4,7,10,15-16,20-21,24,34-35H,2,5-6,8-9,11-14,18H2,1H3/t20-,24-. The van der Waals surface area contributed by atoms with Crippen LogP contribution in [0.1, 0.15) is 56.6 Å². The largest absolute Gasteiger partial charge is 0.487 e. The van der Waals surface area contributed by atoms with Gasteiger partial charge in [0.05, 0.1) is 34.8 Å². The van der Waals surface area contributed by atoms with Crippen molar-refractivity contribution in [2.75, 3.05) is 36.9 Å². The maximum atomic E-state index is 13.3. The van der Waals surface area contributed by atoms with E-state index in [0.29, 0.717) is 51.1 Å². The van der Waals surface area contributed by atoms with Crippen molar-refractivity contribution in [3.05, 3.63) is 57.6 Å². The van der Waals surface area contributed by atoms with Gasteiger partial charge in [-0.05, 0) is 69.7 Å². The summed E-state index contributed by atoms with van der Waals surface area (Å²) in [4.78, 5) is 25.3. The number of carbonyl (C=O) groups is 1. The van der Waals surface area contributed by atoms with Gasteiger partial charge in [-0.1, -0.05) is 0 Å². The van der Waals surface area contributed by atoms with E-state index in [1.54, 1.807) is 30.0 Å². The van der Waals surface area contributed by atoms with Crippen LogP contribution in [0.2, 0.25) is 0 Å². The zero-order valence-electron chi connectivity index (χ0n) is 23.3. The summed E-state index contributed by atoms with van der Waals surface area (Å²) >= 11 is 0. The number of nitrogens with one attached hydrogen (secondary N) is 2. The van der Waals surface area contributed by atoms with Gasteiger partial charge < -0.3 is 25.0 Å². The molecule has 2 fully saturated rings. The van der Waals surface area contributed by atoms with Gasteiger partial charge in [0.1, 0.15) is 6.61 Å². The Kier molecular flexibility index (Phi) is 10.1. The molecule has 1 heterocycles. The van der Waals surface area contributed by atoms with Crippen molar-refractivity contribution in [2.45, 2.75) is 69.8 Å². The summed E-state index contributed by atoms with van der Waals surface area (Å²) in [5.41, 5.74) is -0.397. The van der Waals surface area contributed by atoms with Crippen LogP contribution >= 0.6 is 0 Å². The van der Waals surface area contributed by atoms with Crippen molar-refractivity contribution in [3.63, 3.8) is 0 Å². The third kappa shape index (κ3) is 8.03. The molecule has 2 N–H and O–H groups in total. The number of ether oxygens (including phenoxy) is 2. The van der Waals surface area contributed by atoms with Gasteiger partial charge >= 0.3 is 11.9 Å². The molecule has 0 bridgehead atoms. The Morgan fingerprint density at radius 1 is 1.05 bits per heavy atom. The first-order valence-electron chi connectivity index (χ1n) is 14.0. The number of nitriles is 1. The Morgan fingerprint density at radius 3 is 2.26 bits per heavy atom. The van der Waals surface area contributed by atoms with Crippen molar-refractivity contribution < 1.29 is 32.4 Å². The number of likely N-dealkylation sites (tertiary alicyclic amines) is 1. The van der Waals surface area contributed by atoms with E-state index in [1.807, 2.05) is 0 Å². The van der Waals surface area contributed by atoms with E-state index in [4.69, 9.17) is 14.7 Å². The van der Waals surface area contributed by atoms with E-state index in [0.717, 1.165) is 24.6 Å². The van der Waals surface area contributed by atoms with Crippen LogP contribution < -0.4 is 15.4 Å². The lowest BCUT2D eigenvalue weighted by Crippen LogP contribution is -2.44. The first-order valence-corrected chi connectivity index (χ1v) is 14.0. The second-order valence-corrected chi connectivity index (χ2v) is 10.5. The molecular formula is C29H34F3N5O5. The van der Waals surface area contributed by atoms with E-state index in [2.05, 4.69) is 10.6 Å². The van der Waals surface area contributed by atoms with E-state index in [1.165, 1.54) is 18.2 Å². The van der Waals surface area contributed by atoms with Gasteiger partial charge in [-0.2, -0.15) is 18.4 Å². The topological polar surface area (TPSA) is 130 Å². The number of nitro benzene ring substituents is 1. The van der Waals surface area contributed by atoms with Crippen LogP contribution in [0.5, 0.6) is 5.75 Å². The highest BCUT2D eigenvalue weighted by Crippen LogP contribution is 2.35. The van der Waals surface area contributed by atoms with Crippen molar-refractivity contribution in [2.24, 2.45) is 0 Å². The normalized spacial score (nSPS) is 19.5. The summed E-state index contributed by atoms with van der Waals surface area (Å²) in [5, 5.41) is 26.7. The predicted octanol–water partition coefficient (Wildman–Crippen LogP) is 5.73. The van der Waals surface area contributed by atoms with Crippen molar-refractivity contribution >= 4 is 23.0 Å². The summed E-state index contributed by atoms with van der Waals surface area (Å²) in [6, 6.07) is 10.0. The Labute approximate surface area is 241 Å². The van der Waals surface area contributed by atoms with Crippen LogP contribution in [0.15, 0.2) is 36.4 Å². The number of hydrogen-bond acceptors (Lipinski definition) is 8. The van der Waals surface area contributed by atoms with E-state index in [9.17, 15) is 28.1 Å². The van der Waals surface area contributed by atoms with Crippen LogP contribution in [-0.4, -0.2) is 60.2 Å². The molecule has 13 heteroatoms. The SMILES string of the molecule is CCOc1cc(NC2CCN(C(=O)CO[C@H]3CC[C@H](Nc4ccc(C#N)c(C(F)(F)F)c4)CC3)CC2)ccc1[N+](=O)[O-]. The number of carbonyl (C=O) groups excluding carboxylic acids is 1. The summed E-state index contributed by atoms with van der Waals surface area (Å²) in [5.74, 6) is 0.131. The van der Waals surface area contributed by atoms with Crippen LogP contribution in [0, 0.1) is 21.4 Å². The molecule has 0 spiro atoms. The predicted molar refractivity (Wildman–Crippen MR) is 149 cm³/mol. The third-order valence-electron chi connectivity index (χ3n) is 7.61. The fraction of sp³-hybridized carbons (Fsp3) is 0.517. The van der Waals surface area contributed by atoms with E-state index >= 15 is 0 Å². The first kappa shape index (κ1) is 30.9. The summed E-state index contributed by atoms with van der Waals surface area (Å²) in [6.07, 6.45) is -0.538. The number of amides is 1. The molecule has 1 saturated heterocycles. The lowest BCUT2D eigenvalue weighted by Gasteiger charge is -2.34. The monoisotopic (exact) mass is 589 g/mol. The summed E-state index contributed by atoms with van der Waals surface area (Å²) in [7, 11) is 0. The minimum absolute atomic E-state index is 0.0223. The molecule has 1 saturated carbocycles. The highest BCUT2D eigenvalue weighted by molar-refractivity contribution is 5.77. The maximum Gasteiger partial charge on any atom is 0.417 e. The molecule has 42 heavy (non-hydrogen) atoms. The maximum absolute atomic E-state index is 13.3. The third-order valence-corrected chi connectivity index (χ3v) is 7.61. The number of nitro groups is 1. The zero-order valence-corrected chi connectivity index (χ0v) is 23.3. The average Bonchev–Trinajstić information content (AvgIpc) is 2.97. The molecule has 10 nitrogen and oxygen atoms in total. The molecule has 1 aliphatic heterocycles. The minimum atomic E-state index is -4.60. The van der Waals surface area contributed by atoms with Gasteiger partial charge in [-0.3, -0.25) is 14.9 Å². The molecular weight excluding hydrogens is 555 g/mol. The number of benzene rings is 2. The number of nitrogens with zero attached hydrogens (tertiary/aromatic N) is 3. The van der Waals surface area contributed by atoms with Gasteiger partial charge in [0, 0.05) is 48.7 Å². The molecule has 226 valence electrons. The van der Waals surface area contributed by atoms with Gasteiger partial charge in [0.25, 0.3) is 0 Å². The zero-order chi connectivity index (χ0) is 30.3. The van der Waals surface area contributed by atoms with Crippen molar-refractivity contribution in [1.82, 2.24) is 4.90 Å². The Bertz CT molecular complexity index is 1300. The lowest BCUT2D eigenvalue weighted by molar-refractivity contribution is -0.385. The smallest absolute Gasteiger partial charge is 0.417 e. The molecule has 1 aliphatic carbocycles. The van der Waals surface area contributed by atoms with E-state index < -0.39 is 22.2 Å².